The van der Waals surface area contributed by atoms with Crippen LogP contribution in [0.3, 0.4) is 0 Å². The number of unbranched alkanes of at least 4 members (excludes halogenated alkanes) is 2. The SMILES string of the molecule is CCCCCC(C)C(CCCN(CC)CC)C(C)C. The van der Waals surface area contributed by atoms with E-state index in [1.807, 2.05) is 0 Å². The Morgan fingerprint density at radius 3 is 1.89 bits per heavy atom. The summed E-state index contributed by atoms with van der Waals surface area (Å²) in [6.45, 7) is 17.9. The third kappa shape index (κ3) is 8.68. The molecule has 0 fully saturated rings. The normalized spacial score (nSPS) is 15.2. The minimum atomic E-state index is 0.841. The van der Waals surface area contributed by atoms with Crippen LogP contribution in [0.5, 0.6) is 0 Å². The lowest BCUT2D eigenvalue weighted by Crippen LogP contribution is -2.26. The first-order chi connectivity index (χ1) is 9.06. The van der Waals surface area contributed by atoms with E-state index >= 15 is 0 Å². The monoisotopic (exact) mass is 269 g/mol. The van der Waals surface area contributed by atoms with Crippen molar-refractivity contribution in [1.29, 1.82) is 0 Å². The molecule has 0 aliphatic heterocycles. The summed E-state index contributed by atoms with van der Waals surface area (Å²) >= 11 is 0. The molecular formula is C18H39N. The van der Waals surface area contributed by atoms with E-state index in [2.05, 4.69) is 46.4 Å². The lowest BCUT2D eigenvalue weighted by molar-refractivity contribution is 0.213. The molecule has 0 bridgehead atoms. The van der Waals surface area contributed by atoms with Crippen LogP contribution in [0, 0.1) is 17.8 Å². The first-order valence-corrected chi connectivity index (χ1v) is 8.79. The molecule has 0 spiro atoms. The average molecular weight is 270 g/mol. The molecule has 0 aliphatic rings. The zero-order valence-corrected chi connectivity index (χ0v) is 14.5. The van der Waals surface area contributed by atoms with Gasteiger partial charge < -0.3 is 4.90 Å². The molecular weight excluding hydrogens is 230 g/mol. The minimum Gasteiger partial charge on any atom is -0.304 e. The van der Waals surface area contributed by atoms with Crippen LogP contribution in [-0.4, -0.2) is 24.5 Å². The smallest absolute Gasteiger partial charge is 0.00189 e. The average Bonchev–Trinajstić information content (AvgIpc) is 2.38. The molecule has 0 radical (unpaired) electrons. The fourth-order valence-corrected chi connectivity index (χ4v) is 3.30. The maximum Gasteiger partial charge on any atom is -0.00189 e. The van der Waals surface area contributed by atoms with E-state index in [1.165, 1.54) is 58.2 Å². The van der Waals surface area contributed by atoms with Gasteiger partial charge in [0.1, 0.15) is 0 Å². The maximum absolute atomic E-state index is 2.55. The summed E-state index contributed by atoms with van der Waals surface area (Å²) in [4.78, 5) is 2.55. The summed E-state index contributed by atoms with van der Waals surface area (Å²) in [7, 11) is 0. The summed E-state index contributed by atoms with van der Waals surface area (Å²) in [5.41, 5.74) is 0. The molecule has 2 unspecified atom stereocenters. The van der Waals surface area contributed by atoms with Crippen LogP contribution >= 0.6 is 0 Å². The van der Waals surface area contributed by atoms with Gasteiger partial charge in [0.15, 0.2) is 0 Å². The van der Waals surface area contributed by atoms with Crippen molar-refractivity contribution < 1.29 is 0 Å². The van der Waals surface area contributed by atoms with Crippen LogP contribution in [0.25, 0.3) is 0 Å². The molecule has 0 amide bonds. The Balaban J connectivity index is 4.03. The van der Waals surface area contributed by atoms with Gasteiger partial charge in [0, 0.05) is 0 Å². The fraction of sp³-hybridized carbons (Fsp3) is 1.00. The topological polar surface area (TPSA) is 3.24 Å². The largest absolute Gasteiger partial charge is 0.304 e. The number of rotatable bonds is 12. The second-order valence-electron chi connectivity index (χ2n) is 6.55. The molecule has 0 aromatic carbocycles. The van der Waals surface area contributed by atoms with Crippen molar-refractivity contribution in [3.63, 3.8) is 0 Å². The summed E-state index contributed by atoms with van der Waals surface area (Å²) in [6.07, 6.45) is 8.42. The molecule has 0 aromatic heterocycles. The molecule has 0 aromatic rings. The van der Waals surface area contributed by atoms with Crippen molar-refractivity contribution in [2.24, 2.45) is 17.8 Å². The molecule has 116 valence electrons. The highest BCUT2D eigenvalue weighted by atomic mass is 15.1. The summed E-state index contributed by atoms with van der Waals surface area (Å²) in [5, 5.41) is 0. The Bertz CT molecular complexity index is 184. The van der Waals surface area contributed by atoms with Crippen LogP contribution in [0.2, 0.25) is 0 Å². The van der Waals surface area contributed by atoms with Gasteiger partial charge in [0.05, 0.1) is 0 Å². The Kier molecular flexibility index (Phi) is 11.7. The maximum atomic E-state index is 2.55. The van der Waals surface area contributed by atoms with Crippen molar-refractivity contribution in [3.8, 4) is 0 Å². The third-order valence-electron chi connectivity index (χ3n) is 4.76. The first kappa shape index (κ1) is 19.0. The fourth-order valence-electron chi connectivity index (χ4n) is 3.30. The van der Waals surface area contributed by atoms with Crippen LogP contribution in [0.1, 0.15) is 80.1 Å². The van der Waals surface area contributed by atoms with E-state index in [-0.39, 0.29) is 0 Å². The molecule has 0 rings (SSSR count). The van der Waals surface area contributed by atoms with E-state index in [1.54, 1.807) is 0 Å². The van der Waals surface area contributed by atoms with E-state index in [4.69, 9.17) is 0 Å². The lowest BCUT2D eigenvalue weighted by atomic mass is 9.79. The molecule has 0 aliphatic carbocycles. The molecule has 0 N–H and O–H groups in total. The molecule has 19 heavy (non-hydrogen) atoms. The second kappa shape index (κ2) is 11.8. The van der Waals surface area contributed by atoms with E-state index in [9.17, 15) is 0 Å². The summed E-state index contributed by atoms with van der Waals surface area (Å²) < 4.78 is 0. The van der Waals surface area contributed by atoms with Gasteiger partial charge in [-0.15, -0.1) is 0 Å². The van der Waals surface area contributed by atoms with Gasteiger partial charge >= 0.3 is 0 Å². The molecule has 1 heteroatoms. The summed E-state index contributed by atoms with van der Waals surface area (Å²) in [6, 6.07) is 0. The first-order valence-electron chi connectivity index (χ1n) is 8.79. The molecule has 0 heterocycles. The van der Waals surface area contributed by atoms with Crippen LogP contribution in [-0.2, 0) is 0 Å². The predicted molar refractivity (Wildman–Crippen MR) is 88.7 cm³/mol. The van der Waals surface area contributed by atoms with Crippen molar-refractivity contribution in [2.75, 3.05) is 19.6 Å². The van der Waals surface area contributed by atoms with Crippen LogP contribution in [0.4, 0.5) is 0 Å². The van der Waals surface area contributed by atoms with Gasteiger partial charge in [-0.05, 0) is 50.2 Å². The minimum absolute atomic E-state index is 0.841. The molecule has 0 saturated heterocycles. The Hall–Kier alpha value is -0.0400. The van der Waals surface area contributed by atoms with E-state index in [0.29, 0.717) is 0 Å². The van der Waals surface area contributed by atoms with Gasteiger partial charge in [-0.1, -0.05) is 67.2 Å². The number of hydrogen-bond acceptors (Lipinski definition) is 1. The number of nitrogens with zero attached hydrogens (tertiary/aromatic N) is 1. The predicted octanol–water partition coefficient (Wildman–Crippen LogP) is 5.60. The van der Waals surface area contributed by atoms with Crippen molar-refractivity contribution >= 4 is 0 Å². The highest BCUT2D eigenvalue weighted by Gasteiger charge is 2.20. The van der Waals surface area contributed by atoms with Crippen molar-refractivity contribution in [1.82, 2.24) is 4.90 Å². The quantitative estimate of drug-likeness (QED) is 0.417. The second-order valence-corrected chi connectivity index (χ2v) is 6.55. The van der Waals surface area contributed by atoms with Gasteiger partial charge in [0.2, 0.25) is 0 Å². The molecule has 1 nitrogen and oxygen atoms in total. The van der Waals surface area contributed by atoms with E-state index in [0.717, 1.165) is 17.8 Å². The van der Waals surface area contributed by atoms with E-state index < -0.39 is 0 Å². The highest BCUT2D eigenvalue weighted by molar-refractivity contribution is 4.71. The highest BCUT2D eigenvalue weighted by Crippen LogP contribution is 2.29. The van der Waals surface area contributed by atoms with Gasteiger partial charge in [0.25, 0.3) is 0 Å². The standard InChI is InChI=1S/C18H39N/c1-7-10-11-13-17(6)18(16(4)5)14-12-15-19(8-2)9-3/h16-18H,7-15H2,1-6H3. The number of hydrogen-bond donors (Lipinski definition) is 0. The zero-order valence-electron chi connectivity index (χ0n) is 14.5. The van der Waals surface area contributed by atoms with Crippen molar-refractivity contribution in [2.45, 2.75) is 80.1 Å². The lowest BCUT2D eigenvalue weighted by Gasteiger charge is -2.29. The molecule has 0 saturated carbocycles. The van der Waals surface area contributed by atoms with Crippen LogP contribution in [0.15, 0.2) is 0 Å². The van der Waals surface area contributed by atoms with Crippen molar-refractivity contribution in [3.05, 3.63) is 0 Å². The Morgan fingerprint density at radius 1 is 0.789 bits per heavy atom. The molecule has 2 atom stereocenters. The van der Waals surface area contributed by atoms with Gasteiger partial charge in [-0.3, -0.25) is 0 Å². The Labute approximate surface area is 123 Å². The summed E-state index contributed by atoms with van der Waals surface area (Å²) in [5.74, 6) is 2.67. The Morgan fingerprint density at radius 2 is 1.42 bits per heavy atom. The zero-order chi connectivity index (χ0) is 14.7. The van der Waals surface area contributed by atoms with Gasteiger partial charge in [-0.2, -0.15) is 0 Å². The third-order valence-corrected chi connectivity index (χ3v) is 4.76. The van der Waals surface area contributed by atoms with Crippen LogP contribution < -0.4 is 0 Å². The van der Waals surface area contributed by atoms with Gasteiger partial charge in [-0.25, -0.2) is 0 Å².